The van der Waals surface area contributed by atoms with E-state index in [1.165, 1.54) is 0 Å². The van der Waals surface area contributed by atoms with Crippen LogP contribution in [0.4, 0.5) is 0 Å². The van der Waals surface area contributed by atoms with E-state index in [4.69, 9.17) is 19.6 Å². The number of halogens is 3. The molecule has 43 heavy (non-hydrogen) atoms. The fourth-order valence-electron chi connectivity index (χ4n) is 4.96. The number of aliphatic hydroxyl groups excluding tert-OH is 1. The van der Waals surface area contributed by atoms with Crippen molar-refractivity contribution in [1.82, 2.24) is 5.32 Å². The van der Waals surface area contributed by atoms with E-state index in [0.29, 0.717) is 44.1 Å². The van der Waals surface area contributed by atoms with E-state index in [9.17, 15) is 4.79 Å². The lowest BCUT2D eigenvalue weighted by molar-refractivity contribution is -0.128. The first kappa shape index (κ1) is 31.4. The lowest BCUT2D eigenvalue weighted by Crippen LogP contribution is -2.50. The highest BCUT2D eigenvalue weighted by Gasteiger charge is 2.53. The van der Waals surface area contributed by atoms with Crippen molar-refractivity contribution < 1.29 is 19.4 Å². The molecular formula is C34H31Br3N2O4. The molecule has 4 aromatic rings. The number of hydrogen-bond acceptors (Lipinski definition) is 5. The van der Waals surface area contributed by atoms with E-state index in [1.807, 2.05) is 97.1 Å². The van der Waals surface area contributed by atoms with E-state index >= 15 is 0 Å². The molecule has 2 N–H and O–H groups in total. The van der Waals surface area contributed by atoms with Crippen LogP contribution in [0.5, 0.6) is 5.75 Å². The number of hydrogen-bond donors (Lipinski definition) is 2. The number of rotatable bonds is 12. The van der Waals surface area contributed by atoms with Gasteiger partial charge in [0.2, 0.25) is 5.90 Å². The molecule has 1 aliphatic heterocycles. The van der Waals surface area contributed by atoms with Crippen LogP contribution in [0, 0.1) is 0 Å². The fraction of sp³-hybridized carbons (Fsp3) is 0.235. The zero-order valence-corrected chi connectivity index (χ0v) is 28.1. The Kier molecular flexibility index (Phi) is 10.7. The largest absolute Gasteiger partial charge is 0.494 e. The number of amides is 1. The Balaban J connectivity index is 1.50. The van der Waals surface area contributed by atoms with E-state index in [2.05, 4.69) is 53.1 Å². The molecule has 1 heterocycles. The smallest absolute Gasteiger partial charge is 0.252 e. The molecule has 0 saturated heterocycles. The van der Waals surface area contributed by atoms with Crippen LogP contribution in [0.2, 0.25) is 0 Å². The van der Waals surface area contributed by atoms with E-state index < -0.39 is 11.6 Å². The normalized spacial score (nSPS) is 17.7. The minimum absolute atomic E-state index is 0.0752. The third-order valence-electron chi connectivity index (χ3n) is 7.20. The molecule has 4 aromatic carbocycles. The summed E-state index contributed by atoms with van der Waals surface area (Å²) in [7, 11) is 0. The minimum atomic E-state index is -1.26. The van der Waals surface area contributed by atoms with Gasteiger partial charge in [0, 0.05) is 45.0 Å². The summed E-state index contributed by atoms with van der Waals surface area (Å²) in [5, 5.41) is 12.2. The fourth-order valence-corrected chi connectivity index (χ4v) is 5.75. The first-order valence-electron chi connectivity index (χ1n) is 14.0. The lowest BCUT2D eigenvalue weighted by Gasteiger charge is -2.31. The van der Waals surface area contributed by atoms with Gasteiger partial charge in [-0.15, -0.1) is 0 Å². The Labute approximate surface area is 276 Å². The number of aliphatic imine (C=N–C) groups is 1. The molecule has 222 valence electrons. The molecule has 0 aliphatic carbocycles. The molecule has 0 fully saturated rings. The van der Waals surface area contributed by atoms with E-state index in [-0.39, 0.29) is 12.5 Å². The van der Waals surface area contributed by atoms with Gasteiger partial charge in [-0.1, -0.05) is 84.2 Å². The number of aliphatic hydroxyl groups is 1. The number of nitrogens with one attached hydrogen (secondary N) is 1. The summed E-state index contributed by atoms with van der Waals surface area (Å²) in [6.45, 7) is 0.960. The summed E-state index contributed by atoms with van der Waals surface area (Å²) in [5.41, 5.74) is 2.44. The van der Waals surface area contributed by atoms with Crippen LogP contribution >= 0.6 is 47.8 Å². The summed E-state index contributed by atoms with van der Waals surface area (Å²) < 4.78 is 15.2. The Bertz CT molecular complexity index is 1540. The van der Waals surface area contributed by atoms with E-state index in [0.717, 1.165) is 35.7 Å². The maximum Gasteiger partial charge on any atom is 0.252 e. The average Bonchev–Trinajstić information content (AvgIpc) is 3.40. The number of ether oxygens (including phenoxy) is 2. The summed E-state index contributed by atoms with van der Waals surface area (Å²) in [5.74, 6) is 0.890. The predicted molar refractivity (Wildman–Crippen MR) is 180 cm³/mol. The van der Waals surface area contributed by atoms with Gasteiger partial charge in [-0.2, -0.15) is 0 Å². The third kappa shape index (κ3) is 7.95. The van der Waals surface area contributed by atoms with Crippen molar-refractivity contribution in [1.29, 1.82) is 0 Å². The summed E-state index contributed by atoms with van der Waals surface area (Å²) >= 11 is 10.5. The van der Waals surface area contributed by atoms with Crippen LogP contribution in [0.1, 0.15) is 34.8 Å². The van der Waals surface area contributed by atoms with Crippen molar-refractivity contribution in [3.8, 4) is 5.75 Å². The van der Waals surface area contributed by atoms with Crippen molar-refractivity contribution >= 4 is 59.6 Å². The van der Waals surface area contributed by atoms with Crippen molar-refractivity contribution in [2.24, 2.45) is 4.99 Å². The quantitative estimate of drug-likeness (QED) is 0.146. The van der Waals surface area contributed by atoms with Gasteiger partial charge in [0.1, 0.15) is 5.75 Å². The minimum Gasteiger partial charge on any atom is -0.494 e. The zero-order chi connectivity index (χ0) is 30.2. The van der Waals surface area contributed by atoms with Crippen LogP contribution in [0.3, 0.4) is 0 Å². The summed E-state index contributed by atoms with van der Waals surface area (Å²) in [6, 6.07) is 31.3. The van der Waals surface area contributed by atoms with E-state index in [1.54, 1.807) is 0 Å². The second kappa shape index (κ2) is 14.7. The van der Waals surface area contributed by atoms with Gasteiger partial charge in [0.05, 0.1) is 6.61 Å². The van der Waals surface area contributed by atoms with Gasteiger partial charge in [-0.25, -0.2) is 4.99 Å². The van der Waals surface area contributed by atoms with Gasteiger partial charge >= 0.3 is 0 Å². The first-order chi connectivity index (χ1) is 20.9. The Morgan fingerprint density at radius 1 is 0.837 bits per heavy atom. The topological polar surface area (TPSA) is 80.2 Å². The molecule has 1 amide bonds. The van der Waals surface area contributed by atoms with Crippen LogP contribution in [0.15, 0.2) is 115 Å². The van der Waals surface area contributed by atoms with Crippen LogP contribution in [-0.4, -0.2) is 42.2 Å². The second-order valence-corrected chi connectivity index (χ2v) is 13.0. The monoisotopic (exact) mass is 768 g/mol. The highest BCUT2D eigenvalue weighted by Crippen LogP contribution is 2.43. The van der Waals surface area contributed by atoms with Crippen LogP contribution < -0.4 is 10.1 Å². The summed E-state index contributed by atoms with van der Waals surface area (Å²) in [4.78, 5) is 19.5. The molecule has 1 aliphatic rings. The Morgan fingerprint density at radius 3 is 2.02 bits per heavy atom. The van der Waals surface area contributed by atoms with Crippen LogP contribution in [-0.2, 0) is 22.4 Å². The SMILES string of the molecule is O=C(NCCc1ccc(Br)cc1)[C@]1(Cc2ccc(Br)cc2)N=C(c2ccc(OCCCO)cc2)O[C@@H]1c1ccc(Br)cc1. The zero-order valence-electron chi connectivity index (χ0n) is 23.3. The average molecular weight is 771 g/mol. The van der Waals surface area contributed by atoms with Gasteiger partial charge in [0.25, 0.3) is 5.91 Å². The molecule has 5 rings (SSSR count). The summed E-state index contributed by atoms with van der Waals surface area (Å²) in [6.07, 6.45) is 0.928. The maximum atomic E-state index is 14.3. The standard InChI is InChI=1S/C34H31Br3N2O4/c35-27-10-2-23(3-11-27)18-19-38-33(41)34(22-24-4-12-28(36)13-5-24)31(25-6-14-29(37)15-7-25)43-32(39-34)26-8-16-30(17-9-26)42-21-1-20-40/h2-17,31,40H,1,18-22H2,(H,38,41)/t31-,34-/m1/s1. The number of benzene rings is 4. The van der Waals surface area contributed by atoms with Crippen molar-refractivity contribution in [3.05, 3.63) is 133 Å². The van der Waals surface area contributed by atoms with Gasteiger partial charge in [-0.05, 0) is 83.8 Å². The number of carbonyl (C=O) groups excluding carboxylic acids is 1. The van der Waals surface area contributed by atoms with Crippen molar-refractivity contribution in [2.45, 2.75) is 30.9 Å². The maximum absolute atomic E-state index is 14.3. The Hall–Kier alpha value is -2.98. The van der Waals surface area contributed by atoms with Crippen molar-refractivity contribution in [2.75, 3.05) is 19.8 Å². The predicted octanol–water partition coefficient (Wildman–Crippen LogP) is 7.59. The number of carbonyl (C=O) groups is 1. The second-order valence-electron chi connectivity index (χ2n) is 10.3. The van der Waals surface area contributed by atoms with Gasteiger partial charge in [0.15, 0.2) is 11.6 Å². The molecular weight excluding hydrogens is 740 g/mol. The molecule has 2 atom stereocenters. The number of nitrogens with zero attached hydrogens (tertiary/aromatic N) is 1. The molecule has 0 radical (unpaired) electrons. The molecule has 0 aromatic heterocycles. The highest BCUT2D eigenvalue weighted by atomic mass is 79.9. The molecule has 0 spiro atoms. The van der Waals surface area contributed by atoms with Gasteiger partial charge < -0.3 is 19.9 Å². The first-order valence-corrected chi connectivity index (χ1v) is 16.4. The molecule has 6 nitrogen and oxygen atoms in total. The molecule has 9 heteroatoms. The Morgan fingerprint density at radius 2 is 1.42 bits per heavy atom. The lowest BCUT2D eigenvalue weighted by atomic mass is 9.82. The molecule has 0 bridgehead atoms. The highest BCUT2D eigenvalue weighted by molar-refractivity contribution is 9.11. The third-order valence-corrected chi connectivity index (χ3v) is 8.79. The van der Waals surface area contributed by atoms with Crippen molar-refractivity contribution in [3.63, 3.8) is 0 Å². The van der Waals surface area contributed by atoms with Crippen LogP contribution in [0.25, 0.3) is 0 Å². The molecule has 0 unspecified atom stereocenters. The van der Waals surface area contributed by atoms with Gasteiger partial charge in [-0.3, -0.25) is 4.79 Å². The molecule has 0 saturated carbocycles.